The molecule has 1 rings (SSSR count). The molecular formula is C7H12ClN. The van der Waals surface area contributed by atoms with Crippen LogP contribution in [0.3, 0.4) is 0 Å². The molecule has 0 saturated heterocycles. The molecule has 52 valence electrons. The van der Waals surface area contributed by atoms with Crippen molar-refractivity contribution >= 4 is 12.4 Å². The summed E-state index contributed by atoms with van der Waals surface area (Å²) in [7, 11) is 0. The van der Waals surface area contributed by atoms with Crippen LogP contribution in [0.25, 0.3) is 0 Å². The van der Waals surface area contributed by atoms with Crippen LogP contribution in [-0.2, 0) is 0 Å². The Morgan fingerprint density at radius 2 is 2.11 bits per heavy atom. The van der Waals surface area contributed by atoms with E-state index in [-0.39, 0.29) is 12.4 Å². The number of rotatable bonds is 0. The Hall–Kier alpha value is -0.190. The molecule has 0 radical (unpaired) electrons. The van der Waals surface area contributed by atoms with Crippen molar-refractivity contribution in [1.82, 2.24) is 0 Å². The average molecular weight is 146 g/mol. The largest absolute Gasteiger partial charge is 0.328 e. The van der Waals surface area contributed by atoms with Gasteiger partial charge < -0.3 is 5.73 Å². The molecule has 1 aliphatic carbocycles. The van der Waals surface area contributed by atoms with Crippen LogP contribution >= 0.6 is 12.4 Å². The lowest BCUT2D eigenvalue weighted by atomic mass is 10.1. The summed E-state index contributed by atoms with van der Waals surface area (Å²) in [5.74, 6) is 3.19. The second-order valence-electron chi connectivity index (χ2n) is 2.44. The maximum Gasteiger partial charge on any atom is 0.0215 e. The molecule has 1 nitrogen and oxygen atoms in total. The van der Waals surface area contributed by atoms with Crippen LogP contribution in [-0.4, -0.2) is 6.04 Å². The Labute approximate surface area is 62.4 Å². The van der Waals surface area contributed by atoms with Gasteiger partial charge in [0.15, 0.2) is 0 Å². The van der Waals surface area contributed by atoms with E-state index in [2.05, 4.69) is 5.92 Å². The normalized spacial score (nSPS) is 32.9. The van der Waals surface area contributed by atoms with Crippen LogP contribution in [0.15, 0.2) is 0 Å². The molecule has 9 heavy (non-hydrogen) atoms. The highest BCUT2D eigenvalue weighted by atomic mass is 35.5. The molecule has 0 aliphatic heterocycles. The molecule has 2 heteroatoms. The van der Waals surface area contributed by atoms with E-state index in [1.54, 1.807) is 0 Å². The van der Waals surface area contributed by atoms with Gasteiger partial charge in [-0.3, -0.25) is 0 Å². The summed E-state index contributed by atoms with van der Waals surface area (Å²) in [5, 5.41) is 0. The van der Waals surface area contributed by atoms with E-state index in [0.29, 0.717) is 12.0 Å². The van der Waals surface area contributed by atoms with Gasteiger partial charge in [-0.1, -0.05) is 0 Å². The van der Waals surface area contributed by atoms with Crippen molar-refractivity contribution in [1.29, 1.82) is 0 Å². The van der Waals surface area contributed by atoms with Crippen molar-refractivity contribution in [3.63, 3.8) is 0 Å². The van der Waals surface area contributed by atoms with Crippen molar-refractivity contribution in [2.24, 2.45) is 11.7 Å². The quantitative estimate of drug-likeness (QED) is 0.509. The smallest absolute Gasteiger partial charge is 0.0215 e. The van der Waals surface area contributed by atoms with E-state index in [1.165, 1.54) is 0 Å². The van der Waals surface area contributed by atoms with Crippen LogP contribution in [0.5, 0.6) is 0 Å². The topological polar surface area (TPSA) is 26.0 Å². The maximum atomic E-state index is 5.61. The summed E-state index contributed by atoms with van der Waals surface area (Å²) in [5.41, 5.74) is 5.61. The molecule has 0 aromatic heterocycles. The lowest BCUT2D eigenvalue weighted by Gasteiger charge is -1.96. The van der Waals surface area contributed by atoms with Gasteiger partial charge in [-0.2, -0.15) is 0 Å². The van der Waals surface area contributed by atoms with Crippen LogP contribution in [0.1, 0.15) is 19.3 Å². The zero-order valence-corrected chi connectivity index (χ0v) is 6.16. The van der Waals surface area contributed by atoms with Gasteiger partial charge in [-0.15, -0.1) is 24.8 Å². The fraction of sp³-hybridized carbons (Fsp3) is 0.714. The molecule has 1 fully saturated rings. The highest BCUT2D eigenvalue weighted by Crippen LogP contribution is 2.22. The maximum absolute atomic E-state index is 5.61. The first-order valence-electron chi connectivity index (χ1n) is 3.04. The van der Waals surface area contributed by atoms with E-state index in [4.69, 9.17) is 12.2 Å². The number of terminal acetylenes is 1. The van der Waals surface area contributed by atoms with Gasteiger partial charge in [0, 0.05) is 12.0 Å². The third-order valence-electron chi connectivity index (χ3n) is 1.71. The Morgan fingerprint density at radius 3 is 2.33 bits per heavy atom. The molecule has 0 spiro atoms. The van der Waals surface area contributed by atoms with Crippen LogP contribution in [0, 0.1) is 18.3 Å². The fourth-order valence-electron chi connectivity index (χ4n) is 1.17. The summed E-state index contributed by atoms with van der Waals surface area (Å²) in [6, 6.07) is 0.385. The predicted octanol–water partition coefficient (Wildman–Crippen LogP) is 1.17. The third-order valence-corrected chi connectivity index (χ3v) is 1.71. The summed E-state index contributed by atoms with van der Waals surface area (Å²) < 4.78 is 0. The molecule has 0 aromatic rings. The van der Waals surface area contributed by atoms with E-state index in [1.807, 2.05) is 0 Å². The number of nitrogens with two attached hydrogens (primary N) is 1. The monoisotopic (exact) mass is 145 g/mol. The molecule has 2 N–H and O–H groups in total. The molecule has 0 heterocycles. The lowest BCUT2D eigenvalue weighted by Crippen LogP contribution is -2.14. The molecule has 1 saturated carbocycles. The molecule has 0 amide bonds. The van der Waals surface area contributed by atoms with E-state index >= 15 is 0 Å². The van der Waals surface area contributed by atoms with Gasteiger partial charge in [0.2, 0.25) is 0 Å². The third kappa shape index (κ3) is 2.26. The van der Waals surface area contributed by atoms with Gasteiger partial charge in [-0.05, 0) is 19.3 Å². The molecule has 2 atom stereocenters. The van der Waals surface area contributed by atoms with Crippen molar-refractivity contribution in [3.8, 4) is 12.3 Å². The molecule has 1 aliphatic rings. The van der Waals surface area contributed by atoms with Crippen molar-refractivity contribution in [2.45, 2.75) is 25.3 Å². The second kappa shape index (κ2) is 3.76. The van der Waals surface area contributed by atoms with Crippen molar-refractivity contribution in [3.05, 3.63) is 0 Å². The standard InChI is InChI=1S/C7H11N.ClH/c1-2-6-3-4-7(8)5-6;/h1,6-7H,3-5,8H2;1H. The van der Waals surface area contributed by atoms with Gasteiger partial charge in [0.1, 0.15) is 0 Å². The first kappa shape index (κ1) is 8.81. The van der Waals surface area contributed by atoms with Gasteiger partial charge in [-0.25, -0.2) is 0 Å². The number of hydrogen-bond acceptors (Lipinski definition) is 1. The minimum absolute atomic E-state index is 0. The minimum Gasteiger partial charge on any atom is -0.328 e. The Kier molecular flexibility index (Phi) is 3.68. The Bertz CT molecular complexity index is 117. The average Bonchev–Trinajstić information content (AvgIpc) is 2.14. The fourth-order valence-corrected chi connectivity index (χ4v) is 1.17. The predicted molar refractivity (Wildman–Crippen MR) is 41.4 cm³/mol. The highest BCUT2D eigenvalue weighted by molar-refractivity contribution is 5.85. The lowest BCUT2D eigenvalue weighted by molar-refractivity contribution is 0.668. The summed E-state index contributed by atoms with van der Waals surface area (Å²) in [6.07, 6.45) is 8.49. The summed E-state index contributed by atoms with van der Waals surface area (Å²) in [4.78, 5) is 0. The summed E-state index contributed by atoms with van der Waals surface area (Å²) >= 11 is 0. The van der Waals surface area contributed by atoms with E-state index < -0.39 is 0 Å². The first-order valence-corrected chi connectivity index (χ1v) is 3.04. The van der Waals surface area contributed by atoms with Gasteiger partial charge in [0.25, 0.3) is 0 Å². The highest BCUT2D eigenvalue weighted by Gasteiger charge is 2.18. The van der Waals surface area contributed by atoms with Crippen molar-refractivity contribution in [2.75, 3.05) is 0 Å². The zero-order valence-electron chi connectivity index (χ0n) is 5.34. The first-order chi connectivity index (χ1) is 3.83. The summed E-state index contributed by atoms with van der Waals surface area (Å²) in [6.45, 7) is 0. The number of halogens is 1. The zero-order chi connectivity index (χ0) is 5.98. The minimum atomic E-state index is 0. The van der Waals surface area contributed by atoms with Crippen LogP contribution < -0.4 is 5.73 Å². The number of hydrogen-bond donors (Lipinski definition) is 1. The second-order valence-corrected chi connectivity index (χ2v) is 2.44. The van der Waals surface area contributed by atoms with Crippen LogP contribution in [0.4, 0.5) is 0 Å². The van der Waals surface area contributed by atoms with Crippen LogP contribution in [0.2, 0.25) is 0 Å². The molecule has 2 unspecified atom stereocenters. The molecule has 0 aromatic carbocycles. The van der Waals surface area contributed by atoms with E-state index in [0.717, 1.165) is 19.3 Å². The molecular weight excluding hydrogens is 134 g/mol. The SMILES string of the molecule is C#CC1CCC(N)C1.Cl. The van der Waals surface area contributed by atoms with E-state index in [9.17, 15) is 0 Å². The van der Waals surface area contributed by atoms with Crippen molar-refractivity contribution < 1.29 is 0 Å². The Morgan fingerprint density at radius 1 is 1.44 bits per heavy atom. The van der Waals surface area contributed by atoms with Gasteiger partial charge in [0.05, 0.1) is 0 Å². The molecule has 0 bridgehead atoms. The Balaban J connectivity index is 0.000000640. The van der Waals surface area contributed by atoms with Gasteiger partial charge >= 0.3 is 0 Å².